The molecule has 3 heteroatoms. The fraction of sp³-hybridized carbons (Fsp3) is 0.600. The van der Waals surface area contributed by atoms with Gasteiger partial charge in [0.15, 0.2) is 0 Å². The SMILES string of the molecule is CO[C@@H]1CCN(CCOc2ccc(C)cc2C)C1. The molecule has 0 N–H and O–H groups in total. The molecular formula is C15H23NO2. The average Bonchev–Trinajstić information content (AvgIpc) is 2.80. The molecule has 2 rings (SSSR count). The normalized spacial score (nSPS) is 20.3. The van der Waals surface area contributed by atoms with E-state index in [2.05, 4.69) is 36.9 Å². The average molecular weight is 249 g/mol. The number of benzene rings is 1. The first-order valence-electron chi connectivity index (χ1n) is 6.64. The Balaban J connectivity index is 1.75. The Morgan fingerprint density at radius 2 is 2.17 bits per heavy atom. The minimum Gasteiger partial charge on any atom is -0.492 e. The van der Waals surface area contributed by atoms with E-state index in [-0.39, 0.29) is 0 Å². The minimum atomic E-state index is 0.408. The van der Waals surface area contributed by atoms with Crippen molar-refractivity contribution in [3.8, 4) is 5.75 Å². The summed E-state index contributed by atoms with van der Waals surface area (Å²) in [6.07, 6.45) is 1.55. The van der Waals surface area contributed by atoms with Crippen molar-refractivity contribution >= 4 is 0 Å². The maximum absolute atomic E-state index is 5.84. The fourth-order valence-corrected chi connectivity index (χ4v) is 2.44. The van der Waals surface area contributed by atoms with Gasteiger partial charge in [0.25, 0.3) is 0 Å². The lowest BCUT2D eigenvalue weighted by molar-refractivity contribution is 0.106. The van der Waals surface area contributed by atoms with Crippen LogP contribution in [-0.2, 0) is 4.74 Å². The summed E-state index contributed by atoms with van der Waals surface area (Å²) in [5.41, 5.74) is 2.49. The Kier molecular flexibility index (Phi) is 4.61. The molecule has 1 atom stereocenters. The van der Waals surface area contributed by atoms with E-state index >= 15 is 0 Å². The van der Waals surface area contributed by atoms with Gasteiger partial charge in [0.2, 0.25) is 0 Å². The quantitative estimate of drug-likeness (QED) is 0.800. The van der Waals surface area contributed by atoms with Crippen LogP contribution in [0.3, 0.4) is 0 Å². The van der Waals surface area contributed by atoms with Crippen LogP contribution < -0.4 is 4.74 Å². The highest BCUT2D eigenvalue weighted by Gasteiger charge is 2.21. The first-order valence-corrected chi connectivity index (χ1v) is 6.64. The summed E-state index contributed by atoms with van der Waals surface area (Å²) in [7, 11) is 1.79. The van der Waals surface area contributed by atoms with Crippen LogP contribution in [0.2, 0.25) is 0 Å². The highest BCUT2D eigenvalue weighted by atomic mass is 16.5. The number of ether oxygens (including phenoxy) is 2. The van der Waals surface area contributed by atoms with Gasteiger partial charge < -0.3 is 9.47 Å². The summed E-state index contributed by atoms with van der Waals surface area (Å²) in [6, 6.07) is 6.32. The number of hydrogen-bond acceptors (Lipinski definition) is 3. The molecular weight excluding hydrogens is 226 g/mol. The third-order valence-electron chi connectivity index (χ3n) is 3.56. The molecule has 1 aliphatic heterocycles. The van der Waals surface area contributed by atoms with E-state index in [0.717, 1.165) is 38.4 Å². The second-order valence-corrected chi connectivity index (χ2v) is 5.06. The summed E-state index contributed by atoms with van der Waals surface area (Å²) >= 11 is 0. The van der Waals surface area contributed by atoms with Gasteiger partial charge in [-0.1, -0.05) is 17.7 Å². The van der Waals surface area contributed by atoms with E-state index in [9.17, 15) is 0 Å². The predicted molar refractivity (Wildman–Crippen MR) is 73.3 cm³/mol. The second kappa shape index (κ2) is 6.21. The molecule has 0 saturated carbocycles. The van der Waals surface area contributed by atoms with Crippen molar-refractivity contribution in [3.63, 3.8) is 0 Å². The highest BCUT2D eigenvalue weighted by molar-refractivity contribution is 5.35. The Morgan fingerprint density at radius 1 is 1.33 bits per heavy atom. The Hall–Kier alpha value is -1.06. The molecule has 1 aromatic carbocycles. The van der Waals surface area contributed by atoms with Crippen LogP contribution in [-0.4, -0.2) is 44.4 Å². The summed E-state index contributed by atoms with van der Waals surface area (Å²) < 4.78 is 11.2. The maximum Gasteiger partial charge on any atom is 0.122 e. The van der Waals surface area contributed by atoms with Crippen LogP contribution in [0.15, 0.2) is 18.2 Å². The molecule has 0 amide bonds. The summed E-state index contributed by atoms with van der Waals surface area (Å²) in [5, 5.41) is 0. The van der Waals surface area contributed by atoms with E-state index in [4.69, 9.17) is 9.47 Å². The Labute approximate surface area is 110 Å². The number of likely N-dealkylation sites (tertiary alicyclic amines) is 1. The summed E-state index contributed by atoms with van der Waals surface area (Å²) in [6.45, 7) is 8.08. The van der Waals surface area contributed by atoms with Crippen molar-refractivity contribution in [1.29, 1.82) is 0 Å². The van der Waals surface area contributed by atoms with E-state index in [1.165, 1.54) is 11.1 Å². The lowest BCUT2D eigenvalue weighted by Crippen LogP contribution is -2.27. The molecule has 0 aromatic heterocycles. The molecule has 3 nitrogen and oxygen atoms in total. The molecule has 0 spiro atoms. The van der Waals surface area contributed by atoms with Crippen molar-refractivity contribution in [2.24, 2.45) is 0 Å². The second-order valence-electron chi connectivity index (χ2n) is 5.06. The van der Waals surface area contributed by atoms with Crippen molar-refractivity contribution in [3.05, 3.63) is 29.3 Å². The third-order valence-corrected chi connectivity index (χ3v) is 3.56. The molecule has 1 aliphatic rings. The predicted octanol–water partition coefficient (Wildman–Crippen LogP) is 2.40. The minimum absolute atomic E-state index is 0.408. The van der Waals surface area contributed by atoms with Gasteiger partial charge in [-0.05, 0) is 31.9 Å². The van der Waals surface area contributed by atoms with Crippen molar-refractivity contribution < 1.29 is 9.47 Å². The smallest absolute Gasteiger partial charge is 0.122 e. The van der Waals surface area contributed by atoms with E-state index in [0.29, 0.717) is 6.10 Å². The van der Waals surface area contributed by atoms with E-state index < -0.39 is 0 Å². The number of methoxy groups -OCH3 is 1. The van der Waals surface area contributed by atoms with Gasteiger partial charge in [0, 0.05) is 26.7 Å². The summed E-state index contributed by atoms with van der Waals surface area (Å²) in [4.78, 5) is 2.40. The molecule has 100 valence electrons. The maximum atomic E-state index is 5.84. The Bertz CT molecular complexity index is 392. The standard InChI is InChI=1S/C15H23NO2/c1-12-4-5-15(13(2)10-12)18-9-8-16-7-6-14(11-16)17-3/h4-5,10,14H,6-9,11H2,1-3H3/t14-/m1/s1. The third kappa shape index (κ3) is 3.47. The highest BCUT2D eigenvalue weighted by Crippen LogP contribution is 2.19. The zero-order valence-electron chi connectivity index (χ0n) is 11.6. The largest absolute Gasteiger partial charge is 0.492 e. The van der Waals surface area contributed by atoms with Crippen LogP contribution in [0.25, 0.3) is 0 Å². The molecule has 1 saturated heterocycles. The van der Waals surface area contributed by atoms with Gasteiger partial charge >= 0.3 is 0 Å². The molecule has 0 radical (unpaired) electrons. The molecule has 1 fully saturated rings. The lowest BCUT2D eigenvalue weighted by atomic mass is 10.1. The zero-order chi connectivity index (χ0) is 13.0. The van der Waals surface area contributed by atoms with Crippen LogP contribution in [0.5, 0.6) is 5.75 Å². The van der Waals surface area contributed by atoms with E-state index in [1.54, 1.807) is 7.11 Å². The topological polar surface area (TPSA) is 21.7 Å². The van der Waals surface area contributed by atoms with Crippen molar-refractivity contribution in [2.75, 3.05) is 33.4 Å². The molecule has 18 heavy (non-hydrogen) atoms. The van der Waals surface area contributed by atoms with Crippen molar-refractivity contribution in [2.45, 2.75) is 26.4 Å². The fourth-order valence-electron chi connectivity index (χ4n) is 2.44. The van der Waals surface area contributed by atoms with Gasteiger partial charge in [-0.2, -0.15) is 0 Å². The number of rotatable bonds is 5. The van der Waals surface area contributed by atoms with Gasteiger partial charge in [-0.15, -0.1) is 0 Å². The molecule has 0 unspecified atom stereocenters. The van der Waals surface area contributed by atoms with E-state index in [1.807, 2.05) is 0 Å². The van der Waals surface area contributed by atoms with Crippen LogP contribution in [0.4, 0.5) is 0 Å². The Morgan fingerprint density at radius 3 is 2.83 bits per heavy atom. The van der Waals surface area contributed by atoms with Gasteiger partial charge in [-0.25, -0.2) is 0 Å². The van der Waals surface area contributed by atoms with Crippen LogP contribution in [0, 0.1) is 13.8 Å². The summed E-state index contributed by atoms with van der Waals surface area (Å²) in [5.74, 6) is 1.00. The first kappa shape index (κ1) is 13.4. The van der Waals surface area contributed by atoms with Gasteiger partial charge in [0.05, 0.1) is 6.10 Å². The van der Waals surface area contributed by atoms with Gasteiger partial charge in [0.1, 0.15) is 12.4 Å². The molecule has 1 heterocycles. The molecule has 0 bridgehead atoms. The zero-order valence-corrected chi connectivity index (χ0v) is 11.6. The van der Waals surface area contributed by atoms with Gasteiger partial charge in [-0.3, -0.25) is 4.90 Å². The molecule has 1 aromatic rings. The first-order chi connectivity index (χ1) is 8.69. The lowest BCUT2D eigenvalue weighted by Gasteiger charge is -2.16. The number of nitrogens with zero attached hydrogens (tertiary/aromatic N) is 1. The number of aryl methyl sites for hydroxylation is 2. The number of hydrogen-bond donors (Lipinski definition) is 0. The van der Waals surface area contributed by atoms with Crippen molar-refractivity contribution in [1.82, 2.24) is 4.90 Å². The van der Waals surface area contributed by atoms with Crippen LogP contribution in [0.1, 0.15) is 17.5 Å². The van der Waals surface area contributed by atoms with Crippen LogP contribution >= 0.6 is 0 Å². The monoisotopic (exact) mass is 249 g/mol. The molecule has 0 aliphatic carbocycles.